The van der Waals surface area contributed by atoms with Crippen LogP contribution in [0, 0.1) is 0 Å². The number of rotatable bonds is 9. The van der Waals surface area contributed by atoms with Crippen LogP contribution >= 0.6 is 11.3 Å². The monoisotopic (exact) mass is 403 g/mol. The van der Waals surface area contributed by atoms with Gasteiger partial charge in [-0.2, -0.15) is 0 Å². The first-order valence-corrected chi connectivity index (χ1v) is 11.4. The predicted octanol–water partition coefficient (Wildman–Crippen LogP) is 4.21. The lowest BCUT2D eigenvalue weighted by Crippen LogP contribution is -2.37. The topological polar surface area (TPSA) is 75.3 Å². The largest absolute Gasteiger partial charge is 0.359 e. The Morgan fingerprint density at radius 1 is 1.25 bits per heavy atom. The molecule has 0 unspecified atom stereocenters. The van der Waals surface area contributed by atoms with Gasteiger partial charge in [0.25, 0.3) is 0 Å². The Morgan fingerprint density at radius 2 is 2.07 bits per heavy atom. The zero-order chi connectivity index (χ0) is 19.8. The highest BCUT2D eigenvalue weighted by molar-refractivity contribution is 7.11. The van der Waals surface area contributed by atoms with E-state index in [1.165, 1.54) is 41.3 Å². The molecule has 0 saturated heterocycles. The van der Waals surface area contributed by atoms with Gasteiger partial charge >= 0.3 is 0 Å². The maximum absolute atomic E-state index is 5.47. The number of fused-ring (bicyclic) bond motifs is 1. The van der Waals surface area contributed by atoms with Gasteiger partial charge in [0.15, 0.2) is 11.7 Å². The minimum atomic E-state index is 0.478. The minimum absolute atomic E-state index is 0.478. The summed E-state index contributed by atoms with van der Waals surface area (Å²) in [5, 5.41) is 12.2. The fourth-order valence-corrected chi connectivity index (χ4v) is 4.86. The maximum Gasteiger partial charge on any atom is 0.191 e. The van der Waals surface area contributed by atoms with E-state index in [1.54, 1.807) is 7.05 Å². The van der Waals surface area contributed by atoms with Crippen molar-refractivity contribution in [2.75, 3.05) is 13.6 Å². The van der Waals surface area contributed by atoms with E-state index in [-0.39, 0.29) is 0 Å². The summed E-state index contributed by atoms with van der Waals surface area (Å²) in [5.74, 6) is 2.11. The molecular weight excluding hydrogens is 370 g/mol. The molecule has 28 heavy (non-hydrogen) atoms. The molecule has 154 valence electrons. The van der Waals surface area contributed by atoms with Gasteiger partial charge in [0.1, 0.15) is 0 Å². The molecule has 1 aliphatic rings. The first kappa shape index (κ1) is 20.8. The fraction of sp³-hybridized carbons (Fsp3) is 0.667. The first-order valence-electron chi connectivity index (χ1n) is 10.6. The van der Waals surface area contributed by atoms with E-state index in [9.17, 15) is 0 Å². The van der Waals surface area contributed by atoms with Gasteiger partial charge in [0.2, 0.25) is 0 Å². The number of hydrogen-bond acceptors (Lipinski definition) is 5. The minimum Gasteiger partial charge on any atom is -0.359 e. The molecule has 0 aromatic carbocycles. The molecule has 0 aliphatic heterocycles. The molecule has 0 saturated carbocycles. The number of guanidine groups is 1. The van der Waals surface area contributed by atoms with E-state index < -0.39 is 0 Å². The molecule has 3 rings (SSSR count). The Balaban J connectivity index is 1.38. The average Bonchev–Trinajstić information content (AvgIpc) is 3.35. The first-order chi connectivity index (χ1) is 13.7. The maximum atomic E-state index is 5.47. The van der Waals surface area contributed by atoms with Crippen molar-refractivity contribution in [3.8, 4) is 0 Å². The van der Waals surface area contributed by atoms with Crippen LogP contribution in [-0.4, -0.2) is 29.7 Å². The van der Waals surface area contributed by atoms with Crippen LogP contribution in [-0.2, 0) is 25.8 Å². The van der Waals surface area contributed by atoms with Gasteiger partial charge in [-0.1, -0.05) is 19.0 Å². The van der Waals surface area contributed by atoms with Gasteiger partial charge in [-0.05, 0) is 44.9 Å². The zero-order valence-corrected chi connectivity index (χ0v) is 18.2. The number of hydrogen-bond donors (Lipinski definition) is 2. The third kappa shape index (κ3) is 5.56. The van der Waals surface area contributed by atoms with Crippen molar-refractivity contribution in [1.82, 2.24) is 20.8 Å². The molecule has 7 heteroatoms. The van der Waals surface area contributed by atoms with Gasteiger partial charge in [0, 0.05) is 36.9 Å². The number of aromatic nitrogens is 2. The molecule has 0 spiro atoms. The zero-order valence-electron chi connectivity index (χ0n) is 17.4. The molecular formula is C21H33N5OS. The van der Waals surface area contributed by atoms with Gasteiger partial charge in [-0.3, -0.25) is 4.99 Å². The summed E-state index contributed by atoms with van der Waals surface area (Å²) in [7, 11) is 1.79. The van der Waals surface area contributed by atoms with E-state index in [0.29, 0.717) is 12.5 Å². The van der Waals surface area contributed by atoms with Gasteiger partial charge < -0.3 is 15.2 Å². The second-order valence-corrected chi connectivity index (χ2v) is 8.54. The molecule has 0 bridgehead atoms. The van der Waals surface area contributed by atoms with Crippen LogP contribution in [0.1, 0.15) is 78.9 Å². The Hall–Kier alpha value is -1.89. The number of aryl methyl sites for hydroxylation is 3. The smallest absolute Gasteiger partial charge is 0.191 e. The Labute approximate surface area is 172 Å². The SMILES string of the molecule is CCC(CC)c1cc(CNC(=NC)NCCCc2nc3c(s2)CCCC3)on1. The Bertz CT molecular complexity index is 739. The summed E-state index contributed by atoms with van der Waals surface area (Å²) in [5.41, 5.74) is 2.41. The van der Waals surface area contributed by atoms with Crippen LogP contribution in [0.15, 0.2) is 15.6 Å². The van der Waals surface area contributed by atoms with Crippen LogP contribution in [0.4, 0.5) is 0 Å². The lowest BCUT2D eigenvalue weighted by atomic mass is 9.99. The summed E-state index contributed by atoms with van der Waals surface area (Å²) in [4.78, 5) is 10.6. The molecule has 0 amide bonds. The van der Waals surface area contributed by atoms with Crippen molar-refractivity contribution in [2.45, 2.75) is 77.7 Å². The molecule has 2 N–H and O–H groups in total. The molecule has 2 aromatic heterocycles. The van der Waals surface area contributed by atoms with E-state index in [1.807, 2.05) is 11.3 Å². The van der Waals surface area contributed by atoms with Crippen molar-refractivity contribution in [1.29, 1.82) is 0 Å². The summed E-state index contributed by atoms with van der Waals surface area (Å²) in [6.07, 6.45) is 9.26. The number of aliphatic imine (C=N–C) groups is 1. The predicted molar refractivity (Wildman–Crippen MR) is 115 cm³/mol. The average molecular weight is 404 g/mol. The number of nitrogens with zero attached hydrogens (tertiary/aromatic N) is 3. The lowest BCUT2D eigenvalue weighted by Gasteiger charge is -2.10. The van der Waals surface area contributed by atoms with Gasteiger partial charge in [-0.15, -0.1) is 11.3 Å². The summed E-state index contributed by atoms with van der Waals surface area (Å²) in [6, 6.07) is 2.06. The van der Waals surface area contributed by atoms with Crippen molar-refractivity contribution in [3.63, 3.8) is 0 Å². The second-order valence-electron chi connectivity index (χ2n) is 7.37. The van der Waals surface area contributed by atoms with Crippen LogP contribution < -0.4 is 10.6 Å². The highest BCUT2D eigenvalue weighted by atomic mass is 32.1. The summed E-state index contributed by atoms with van der Waals surface area (Å²) >= 11 is 1.91. The third-order valence-corrected chi connectivity index (χ3v) is 6.60. The van der Waals surface area contributed by atoms with Crippen molar-refractivity contribution >= 4 is 17.3 Å². The highest BCUT2D eigenvalue weighted by Gasteiger charge is 2.15. The Kier molecular flexibility index (Phi) is 7.89. The van der Waals surface area contributed by atoms with Crippen LogP contribution in [0.3, 0.4) is 0 Å². The van der Waals surface area contributed by atoms with Gasteiger partial charge in [0.05, 0.1) is 22.9 Å². The number of thiazole rings is 1. The van der Waals surface area contributed by atoms with Crippen LogP contribution in [0.5, 0.6) is 0 Å². The standard InChI is InChI=1S/C21H33N5OS/c1-4-15(5-2)18-13-16(27-26-18)14-24-21(22-3)23-12-8-11-20-25-17-9-6-7-10-19(17)28-20/h13,15H,4-12,14H2,1-3H3,(H2,22,23,24). The van der Waals surface area contributed by atoms with E-state index in [2.05, 4.69) is 40.7 Å². The molecule has 2 aromatic rings. The highest BCUT2D eigenvalue weighted by Crippen LogP contribution is 2.27. The van der Waals surface area contributed by atoms with E-state index in [0.717, 1.165) is 49.6 Å². The van der Waals surface area contributed by atoms with Crippen molar-refractivity contribution in [3.05, 3.63) is 33.1 Å². The number of nitrogens with one attached hydrogen (secondary N) is 2. The molecule has 6 nitrogen and oxygen atoms in total. The molecule has 1 aliphatic carbocycles. The second kappa shape index (κ2) is 10.6. The molecule has 0 atom stereocenters. The summed E-state index contributed by atoms with van der Waals surface area (Å²) < 4.78 is 5.47. The fourth-order valence-electron chi connectivity index (χ4n) is 3.66. The van der Waals surface area contributed by atoms with Crippen molar-refractivity contribution in [2.24, 2.45) is 4.99 Å². The van der Waals surface area contributed by atoms with E-state index in [4.69, 9.17) is 9.51 Å². The Morgan fingerprint density at radius 3 is 2.82 bits per heavy atom. The molecule has 0 fully saturated rings. The summed E-state index contributed by atoms with van der Waals surface area (Å²) in [6.45, 7) is 5.84. The van der Waals surface area contributed by atoms with Gasteiger partial charge in [-0.25, -0.2) is 4.98 Å². The van der Waals surface area contributed by atoms with Crippen LogP contribution in [0.2, 0.25) is 0 Å². The molecule has 2 heterocycles. The normalized spacial score (nSPS) is 14.4. The molecule has 0 radical (unpaired) electrons. The van der Waals surface area contributed by atoms with E-state index >= 15 is 0 Å². The van der Waals surface area contributed by atoms with Crippen molar-refractivity contribution < 1.29 is 4.52 Å². The lowest BCUT2D eigenvalue weighted by molar-refractivity contribution is 0.368. The quantitative estimate of drug-likeness (QED) is 0.373. The van der Waals surface area contributed by atoms with Crippen LogP contribution in [0.25, 0.3) is 0 Å². The third-order valence-electron chi connectivity index (χ3n) is 5.38.